The molecular weight excluding hydrogens is 462 g/mol. The summed E-state index contributed by atoms with van der Waals surface area (Å²) in [5.74, 6) is 0.584. The molecule has 176 valence electrons. The monoisotopic (exact) mass is 483 g/mol. The zero-order valence-corrected chi connectivity index (χ0v) is 19.4. The van der Waals surface area contributed by atoms with Gasteiger partial charge in [-0.05, 0) is 50.6 Å². The van der Waals surface area contributed by atoms with E-state index in [0.29, 0.717) is 23.3 Å². The zero-order chi connectivity index (χ0) is 24.0. The minimum Gasteiger partial charge on any atom is -0.474 e. The van der Waals surface area contributed by atoms with Gasteiger partial charge in [0, 0.05) is 24.0 Å². The smallest absolute Gasteiger partial charge is 0.289 e. The molecule has 0 saturated heterocycles. The van der Waals surface area contributed by atoms with Gasteiger partial charge in [0.2, 0.25) is 28.7 Å². The number of pyridine rings is 1. The number of aromatic nitrogens is 3. The van der Waals surface area contributed by atoms with Crippen LogP contribution in [0.3, 0.4) is 0 Å². The van der Waals surface area contributed by atoms with Gasteiger partial charge in [0.1, 0.15) is 12.2 Å². The van der Waals surface area contributed by atoms with E-state index in [-0.39, 0.29) is 47.2 Å². The van der Waals surface area contributed by atoms with Crippen LogP contribution in [0.5, 0.6) is 17.6 Å². The molecule has 0 spiro atoms. The fourth-order valence-electron chi connectivity index (χ4n) is 3.62. The Balaban J connectivity index is 1.48. The molecule has 3 N–H and O–H groups in total. The quantitative estimate of drug-likeness (QED) is 0.361. The number of benzene rings is 1. The van der Waals surface area contributed by atoms with Gasteiger partial charge >= 0.3 is 0 Å². The molecule has 3 aromatic heterocycles. The second-order valence-corrected chi connectivity index (χ2v) is 9.07. The number of carbonyl (C=O) groups is 1. The van der Waals surface area contributed by atoms with Crippen LogP contribution >= 0.6 is 11.6 Å². The lowest BCUT2D eigenvalue weighted by Crippen LogP contribution is -2.34. The number of hydrogen-bond acceptors (Lipinski definition) is 9. The fourth-order valence-corrected chi connectivity index (χ4v) is 3.79. The number of anilines is 1. The second kappa shape index (κ2) is 8.30. The van der Waals surface area contributed by atoms with Crippen molar-refractivity contribution in [2.24, 2.45) is 0 Å². The molecule has 0 saturated carbocycles. The number of hydrogen-bond donors (Lipinski definition) is 3. The van der Waals surface area contributed by atoms with Crippen LogP contribution in [0.4, 0.5) is 5.69 Å². The molecule has 1 amide bonds. The summed E-state index contributed by atoms with van der Waals surface area (Å²) in [6.45, 7) is 5.74. The van der Waals surface area contributed by atoms with E-state index < -0.39 is 5.60 Å². The van der Waals surface area contributed by atoms with Crippen molar-refractivity contribution in [1.29, 1.82) is 0 Å². The molecule has 34 heavy (non-hydrogen) atoms. The number of aliphatic hydroxyl groups is 1. The first-order chi connectivity index (χ1) is 16.2. The first-order valence-corrected chi connectivity index (χ1v) is 11.0. The average molecular weight is 484 g/mol. The summed E-state index contributed by atoms with van der Waals surface area (Å²) in [6.07, 6.45) is 0. The summed E-state index contributed by atoms with van der Waals surface area (Å²) >= 11 is 6.00. The van der Waals surface area contributed by atoms with Crippen molar-refractivity contribution in [1.82, 2.24) is 20.3 Å². The number of ether oxygens (including phenoxy) is 2. The van der Waals surface area contributed by atoms with Crippen molar-refractivity contribution in [3.63, 3.8) is 0 Å². The fraction of sp³-hybridized carbons (Fsp3) is 0.304. The van der Waals surface area contributed by atoms with Crippen LogP contribution < -0.4 is 20.1 Å². The summed E-state index contributed by atoms with van der Waals surface area (Å²) in [7, 11) is 0. The Labute approximate surface area is 199 Å². The maximum atomic E-state index is 12.5. The highest BCUT2D eigenvalue weighted by molar-refractivity contribution is 6.28. The van der Waals surface area contributed by atoms with Crippen LogP contribution in [-0.2, 0) is 0 Å². The van der Waals surface area contributed by atoms with Gasteiger partial charge in [-0.2, -0.15) is 9.97 Å². The lowest BCUT2D eigenvalue weighted by atomic mass is 10.1. The third kappa shape index (κ3) is 4.42. The van der Waals surface area contributed by atoms with Crippen molar-refractivity contribution < 1.29 is 23.8 Å². The molecule has 10 nitrogen and oxygen atoms in total. The van der Waals surface area contributed by atoms with Gasteiger partial charge in [-0.1, -0.05) is 0 Å². The highest BCUT2D eigenvalue weighted by Crippen LogP contribution is 2.38. The lowest BCUT2D eigenvalue weighted by molar-refractivity contribution is 0.0267. The number of fused-ring (bicyclic) bond motifs is 5. The molecule has 1 aliphatic heterocycles. The summed E-state index contributed by atoms with van der Waals surface area (Å²) in [5.41, 5.74) is 0.838. The molecule has 0 bridgehead atoms. The molecule has 0 fully saturated rings. The number of carbonyl (C=O) groups excluding carboxylic acids is 1. The van der Waals surface area contributed by atoms with E-state index in [9.17, 15) is 9.90 Å². The number of amides is 1. The molecule has 4 aromatic rings. The molecule has 1 atom stereocenters. The van der Waals surface area contributed by atoms with Gasteiger partial charge in [-0.3, -0.25) is 4.79 Å². The zero-order valence-electron chi connectivity index (χ0n) is 18.7. The number of rotatable bonds is 5. The first kappa shape index (κ1) is 22.2. The highest BCUT2D eigenvalue weighted by Gasteiger charge is 2.26. The molecule has 0 radical (unpaired) electrons. The van der Waals surface area contributed by atoms with Crippen molar-refractivity contribution in [3.8, 4) is 17.6 Å². The standard InChI is InChI=1S/C23H22ClN5O5/c1-11-9-25-19-18-12-4-7-15(27-13(12)5-6-14(18)33-20(19)21(30)26-11)34-17-8-16(28-22(24)29-17)32-10-23(2,3)31/h4-8,11,25,31H,9-10H2,1-3H3,(H,26,30)/t11-/m1/s1. The van der Waals surface area contributed by atoms with E-state index in [1.54, 1.807) is 32.0 Å². The van der Waals surface area contributed by atoms with Crippen molar-refractivity contribution in [2.75, 3.05) is 18.5 Å². The summed E-state index contributed by atoms with van der Waals surface area (Å²) in [4.78, 5) is 25.1. The number of halogens is 1. The first-order valence-electron chi connectivity index (χ1n) is 10.6. The van der Waals surface area contributed by atoms with Crippen LogP contribution in [0.15, 0.2) is 34.7 Å². The molecule has 0 unspecified atom stereocenters. The van der Waals surface area contributed by atoms with E-state index in [0.717, 1.165) is 10.8 Å². The Bertz CT molecular complexity index is 1410. The van der Waals surface area contributed by atoms with E-state index in [1.807, 2.05) is 13.0 Å². The molecular formula is C23H22ClN5O5. The topological polar surface area (TPSA) is 132 Å². The van der Waals surface area contributed by atoms with Crippen LogP contribution in [0.25, 0.3) is 21.9 Å². The second-order valence-electron chi connectivity index (χ2n) is 8.73. The molecule has 5 rings (SSSR count). The molecule has 4 heterocycles. The maximum Gasteiger partial charge on any atom is 0.289 e. The number of nitrogens with one attached hydrogen (secondary N) is 2. The van der Waals surface area contributed by atoms with Gasteiger partial charge in [0.05, 0.1) is 28.3 Å². The minimum atomic E-state index is -1.04. The van der Waals surface area contributed by atoms with Gasteiger partial charge < -0.3 is 29.6 Å². The Morgan fingerprint density at radius 1 is 1.18 bits per heavy atom. The molecule has 1 aliphatic rings. The Kier molecular flexibility index (Phi) is 5.41. The van der Waals surface area contributed by atoms with Crippen LogP contribution in [0, 0.1) is 0 Å². The van der Waals surface area contributed by atoms with Crippen molar-refractivity contribution >= 4 is 45.1 Å². The minimum absolute atomic E-state index is 0.0177. The predicted octanol–water partition coefficient (Wildman–Crippen LogP) is 3.91. The largest absolute Gasteiger partial charge is 0.474 e. The molecule has 0 aliphatic carbocycles. The van der Waals surface area contributed by atoms with Crippen LogP contribution in [-0.4, -0.2) is 50.8 Å². The maximum absolute atomic E-state index is 12.5. The molecule has 11 heteroatoms. The third-order valence-electron chi connectivity index (χ3n) is 5.10. The third-order valence-corrected chi connectivity index (χ3v) is 5.27. The van der Waals surface area contributed by atoms with E-state index in [4.69, 9.17) is 25.5 Å². The van der Waals surface area contributed by atoms with Crippen molar-refractivity contribution in [2.45, 2.75) is 32.4 Å². The van der Waals surface area contributed by atoms with E-state index >= 15 is 0 Å². The highest BCUT2D eigenvalue weighted by atomic mass is 35.5. The Morgan fingerprint density at radius 3 is 2.76 bits per heavy atom. The number of furan rings is 1. The van der Waals surface area contributed by atoms with Gasteiger partial charge in [-0.25, -0.2) is 4.98 Å². The van der Waals surface area contributed by atoms with Crippen molar-refractivity contribution in [3.05, 3.63) is 41.4 Å². The summed E-state index contributed by atoms with van der Waals surface area (Å²) < 4.78 is 17.1. The SMILES string of the molecule is C[C@@H]1CNc2c(oc3ccc4nc(Oc5cc(OCC(C)(C)O)nc(Cl)n5)ccc4c23)C(=O)N1. The van der Waals surface area contributed by atoms with Crippen LogP contribution in [0.1, 0.15) is 31.3 Å². The van der Waals surface area contributed by atoms with Crippen LogP contribution in [0.2, 0.25) is 5.28 Å². The lowest BCUT2D eigenvalue weighted by Gasteiger charge is -2.17. The predicted molar refractivity (Wildman–Crippen MR) is 126 cm³/mol. The summed E-state index contributed by atoms with van der Waals surface area (Å²) in [6, 6.07) is 8.53. The number of nitrogens with zero attached hydrogens (tertiary/aromatic N) is 3. The summed E-state index contributed by atoms with van der Waals surface area (Å²) in [5, 5.41) is 17.6. The van der Waals surface area contributed by atoms with E-state index in [2.05, 4.69) is 25.6 Å². The van der Waals surface area contributed by atoms with E-state index in [1.165, 1.54) is 6.07 Å². The van der Waals surface area contributed by atoms with Gasteiger partial charge in [-0.15, -0.1) is 0 Å². The average Bonchev–Trinajstić information content (AvgIpc) is 3.08. The molecule has 1 aromatic carbocycles. The normalized spacial score (nSPS) is 16.0. The Hall–Kier alpha value is -3.63. The van der Waals surface area contributed by atoms with Gasteiger partial charge in [0.25, 0.3) is 5.91 Å². The Morgan fingerprint density at radius 2 is 1.97 bits per heavy atom. The van der Waals surface area contributed by atoms with Gasteiger partial charge in [0.15, 0.2) is 0 Å².